The molecule has 26 heavy (non-hydrogen) atoms. The molecule has 0 unspecified atom stereocenters. The summed E-state index contributed by atoms with van der Waals surface area (Å²) in [6.07, 6.45) is 2.56. The van der Waals surface area contributed by atoms with Crippen LogP contribution in [0.2, 0.25) is 0 Å². The molecule has 0 aromatic carbocycles. The molecule has 0 amide bonds. The summed E-state index contributed by atoms with van der Waals surface area (Å²) in [7, 11) is 0. The van der Waals surface area contributed by atoms with Gasteiger partial charge in [-0.2, -0.15) is 0 Å². The first-order valence-electron chi connectivity index (χ1n) is 8.75. The molecule has 0 atom stereocenters. The van der Waals surface area contributed by atoms with Gasteiger partial charge in [-0.1, -0.05) is 13.8 Å². The van der Waals surface area contributed by atoms with Gasteiger partial charge in [0.05, 0.1) is 23.5 Å². The number of aliphatic imine (C=N–C) groups is 1. The number of hydrogen-bond donors (Lipinski definition) is 2. The van der Waals surface area contributed by atoms with Crippen LogP contribution in [0.4, 0.5) is 0 Å². The third-order valence-electron chi connectivity index (χ3n) is 3.39. The molecule has 146 valence electrons. The van der Waals surface area contributed by atoms with E-state index in [0.717, 1.165) is 41.9 Å². The Morgan fingerprint density at radius 1 is 1.38 bits per heavy atom. The normalized spacial score (nSPS) is 11.5. The molecule has 0 fully saturated rings. The van der Waals surface area contributed by atoms with Crippen molar-refractivity contribution in [3.8, 4) is 0 Å². The lowest BCUT2D eigenvalue weighted by Crippen LogP contribution is -2.38. The highest BCUT2D eigenvalue weighted by Crippen LogP contribution is 2.19. The summed E-state index contributed by atoms with van der Waals surface area (Å²) in [6, 6.07) is 3.78. The Kier molecular flexibility index (Phi) is 11.5. The maximum atomic E-state index is 5.57. The van der Waals surface area contributed by atoms with Crippen LogP contribution in [0, 0.1) is 0 Å². The fourth-order valence-corrected chi connectivity index (χ4v) is 2.94. The van der Waals surface area contributed by atoms with Gasteiger partial charge in [-0.15, -0.1) is 35.3 Å². The third-order valence-corrected chi connectivity index (χ3v) is 4.58. The van der Waals surface area contributed by atoms with Crippen LogP contribution in [-0.2, 0) is 17.9 Å². The number of halogens is 1. The minimum Gasteiger partial charge on any atom is -0.467 e. The van der Waals surface area contributed by atoms with E-state index < -0.39 is 0 Å². The topological polar surface area (TPSA) is 71.7 Å². The highest BCUT2D eigenvalue weighted by Gasteiger charge is 2.05. The Balaban J connectivity index is 0.00000338. The largest absolute Gasteiger partial charge is 0.467 e. The monoisotopic (exact) mass is 492 g/mol. The van der Waals surface area contributed by atoms with Gasteiger partial charge < -0.3 is 19.8 Å². The summed E-state index contributed by atoms with van der Waals surface area (Å²) in [5.74, 6) is 2.13. The number of rotatable bonds is 10. The SMILES string of the molecule is CCNC(=NCc1csc(C(C)C)n1)NCCCOCc1ccco1.I. The smallest absolute Gasteiger partial charge is 0.191 e. The van der Waals surface area contributed by atoms with Crippen molar-refractivity contribution in [2.45, 2.75) is 46.3 Å². The van der Waals surface area contributed by atoms with Crippen LogP contribution >= 0.6 is 35.3 Å². The van der Waals surface area contributed by atoms with Gasteiger partial charge in [-0.05, 0) is 25.5 Å². The minimum absolute atomic E-state index is 0. The molecule has 2 aromatic heterocycles. The molecule has 8 heteroatoms. The molecule has 0 saturated heterocycles. The molecule has 2 N–H and O–H groups in total. The zero-order chi connectivity index (χ0) is 17.9. The Morgan fingerprint density at radius 3 is 2.88 bits per heavy atom. The first kappa shape index (κ1) is 22.9. The summed E-state index contributed by atoms with van der Waals surface area (Å²) in [6.45, 7) is 9.79. The molecule has 2 heterocycles. The van der Waals surface area contributed by atoms with Crippen LogP contribution in [0.1, 0.15) is 49.6 Å². The second-order valence-corrected chi connectivity index (χ2v) is 6.83. The second-order valence-electron chi connectivity index (χ2n) is 5.94. The van der Waals surface area contributed by atoms with E-state index >= 15 is 0 Å². The average Bonchev–Trinajstić information content (AvgIpc) is 3.27. The number of furan rings is 1. The molecule has 0 aliphatic carbocycles. The van der Waals surface area contributed by atoms with E-state index in [4.69, 9.17) is 9.15 Å². The van der Waals surface area contributed by atoms with Crippen molar-refractivity contribution < 1.29 is 9.15 Å². The second kappa shape index (κ2) is 13.1. The molecular weight excluding hydrogens is 463 g/mol. The van der Waals surface area contributed by atoms with Crippen molar-refractivity contribution in [2.24, 2.45) is 4.99 Å². The molecule has 0 aliphatic rings. The Morgan fingerprint density at radius 2 is 2.23 bits per heavy atom. The van der Waals surface area contributed by atoms with Crippen molar-refractivity contribution in [2.75, 3.05) is 19.7 Å². The zero-order valence-electron chi connectivity index (χ0n) is 15.7. The van der Waals surface area contributed by atoms with Gasteiger partial charge >= 0.3 is 0 Å². The molecule has 0 radical (unpaired) electrons. The van der Waals surface area contributed by atoms with E-state index in [2.05, 4.69) is 46.8 Å². The van der Waals surface area contributed by atoms with E-state index in [1.165, 1.54) is 0 Å². The summed E-state index contributed by atoms with van der Waals surface area (Å²) >= 11 is 1.70. The van der Waals surface area contributed by atoms with Gasteiger partial charge in [0, 0.05) is 31.0 Å². The Hall–Kier alpha value is -1.13. The zero-order valence-corrected chi connectivity index (χ0v) is 18.8. The minimum atomic E-state index is 0. The maximum Gasteiger partial charge on any atom is 0.191 e. The fourth-order valence-electron chi connectivity index (χ4n) is 2.11. The number of nitrogens with one attached hydrogen (secondary N) is 2. The quantitative estimate of drug-likeness (QED) is 0.226. The Bertz CT molecular complexity index is 629. The summed E-state index contributed by atoms with van der Waals surface area (Å²) < 4.78 is 10.8. The van der Waals surface area contributed by atoms with Crippen LogP contribution in [0.15, 0.2) is 33.2 Å². The highest BCUT2D eigenvalue weighted by atomic mass is 127. The van der Waals surface area contributed by atoms with Crippen molar-refractivity contribution in [1.82, 2.24) is 15.6 Å². The van der Waals surface area contributed by atoms with Crippen LogP contribution in [0.3, 0.4) is 0 Å². The molecule has 0 aliphatic heterocycles. The number of guanidine groups is 1. The van der Waals surface area contributed by atoms with E-state index in [-0.39, 0.29) is 24.0 Å². The summed E-state index contributed by atoms with van der Waals surface area (Å²) in [4.78, 5) is 9.21. The van der Waals surface area contributed by atoms with E-state index in [0.29, 0.717) is 25.7 Å². The van der Waals surface area contributed by atoms with Crippen molar-refractivity contribution in [1.29, 1.82) is 0 Å². The van der Waals surface area contributed by atoms with Gasteiger partial charge in [-0.3, -0.25) is 0 Å². The van der Waals surface area contributed by atoms with Gasteiger partial charge in [0.1, 0.15) is 12.4 Å². The van der Waals surface area contributed by atoms with Crippen molar-refractivity contribution >= 4 is 41.3 Å². The molecule has 2 aromatic rings. The average molecular weight is 492 g/mol. The van der Waals surface area contributed by atoms with Gasteiger partial charge in [-0.25, -0.2) is 9.98 Å². The first-order valence-corrected chi connectivity index (χ1v) is 9.63. The first-order chi connectivity index (χ1) is 12.2. The molecular formula is C18H29IN4O2S. The van der Waals surface area contributed by atoms with Crippen LogP contribution in [0.5, 0.6) is 0 Å². The van der Waals surface area contributed by atoms with E-state index in [1.807, 2.05) is 12.1 Å². The van der Waals surface area contributed by atoms with Gasteiger partial charge in [0.15, 0.2) is 5.96 Å². The van der Waals surface area contributed by atoms with Gasteiger partial charge in [0.2, 0.25) is 0 Å². The summed E-state index contributed by atoms with van der Waals surface area (Å²) in [5, 5.41) is 9.83. The molecule has 2 rings (SSSR count). The molecule has 0 spiro atoms. The highest BCUT2D eigenvalue weighted by molar-refractivity contribution is 14.0. The van der Waals surface area contributed by atoms with E-state index in [1.54, 1.807) is 17.6 Å². The lowest BCUT2D eigenvalue weighted by atomic mass is 10.2. The molecule has 6 nitrogen and oxygen atoms in total. The number of aromatic nitrogens is 1. The number of hydrogen-bond acceptors (Lipinski definition) is 5. The molecule has 0 saturated carbocycles. The van der Waals surface area contributed by atoms with E-state index in [9.17, 15) is 0 Å². The maximum absolute atomic E-state index is 5.57. The fraction of sp³-hybridized carbons (Fsp3) is 0.556. The number of thiazole rings is 1. The summed E-state index contributed by atoms with van der Waals surface area (Å²) in [5.41, 5.74) is 1.02. The van der Waals surface area contributed by atoms with Gasteiger partial charge in [0.25, 0.3) is 0 Å². The third kappa shape index (κ3) is 8.50. The van der Waals surface area contributed by atoms with Crippen LogP contribution < -0.4 is 10.6 Å². The lowest BCUT2D eigenvalue weighted by Gasteiger charge is -2.11. The number of nitrogens with zero attached hydrogens (tertiary/aromatic N) is 2. The van der Waals surface area contributed by atoms with Crippen LogP contribution in [-0.4, -0.2) is 30.6 Å². The van der Waals surface area contributed by atoms with Crippen molar-refractivity contribution in [3.63, 3.8) is 0 Å². The number of ether oxygens (including phenoxy) is 1. The van der Waals surface area contributed by atoms with Crippen molar-refractivity contribution in [3.05, 3.63) is 40.2 Å². The molecule has 0 bridgehead atoms. The standard InChI is InChI=1S/C18H28N4O2S.HI/c1-4-19-18(21-11-15-13-25-17(22-15)14(2)3)20-8-6-9-23-12-16-7-5-10-24-16;/h5,7,10,13-14H,4,6,8-9,11-12H2,1-3H3,(H2,19,20,21);1H. The lowest BCUT2D eigenvalue weighted by molar-refractivity contribution is 0.105. The predicted octanol–water partition coefficient (Wildman–Crippen LogP) is 4.14. The predicted molar refractivity (Wildman–Crippen MR) is 117 cm³/mol. The Labute approximate surface area is 176 Å². The van der Waals surface area contributed by atoms with Crippen LogP contribution in [0.25, 0.3) is 0 Å².